The van der Waals surface area contributed by atoms with Crippen LogP contribution in [0.5, 0.6) is 0 Å². The van der Waals surface area contributed by atoms with Gasteiger partial charge in [0.15, 0.2) is 0 Å². The molecular weight excluding hydrogens is 222 g/mol. The van der Waals surface area contributed by atoms with Gasteiger partial charge in [-0.1, -0.05) is 23.7 Å². The second kappa shape index (κ2) is 5.03. The summed E-state index contributed by atoms with van der Waals surface area (Å²) in [4.78, 5) is 0. The van der Waals surface area contributed by atoms with Crippen molar-refractivity contribution in [1.82, 2.24) is 0 Å². The Morgan fingerprint density at radius 1 is 1.31 bits per heavy atom. The molecule has 0 aliphatic rings. The Morgan fingerprint density at radius 3 is 2.46 bits per heavy atom. The highest BCUT2D eigenvalue weighted by Crippen LogP contribution is 2.40. The highest BCUT2D eigenvalue weighted by Gasteiger charge is 2.12. The first kappa shape index (κ1) is 11.1. The zero-order valence-electron chi connectivity index (χ0n) is 7.58. The van der Waals surface area contributed by atoms with E-state index < -0.39 is 0 Å². The molecule has 0 saturated carbocycles. The molecule has 0 spiro atoms. The molecule has 0 radical (unpaired) electrons. The number of hydrogen-bond donors (Lipinski definition) is 1. The van der Waals surface area contributed by atoms with Gasteiger partial charge in [-0.3, -0.25) is 0 Å². The van der Waals surface area contributed by atoms with Crippen LogP contribution in [0.15, 0.2) is 18.2 Å². The standard InChI is InChI=1S/C9H12ClNS2/c1-12-9(13-2)6-4-3-5-7(10)8(6)11/h3-5,9H,11H2,1-2H3. The van der Waals surface area contributed by atoms with E-state index in [9.17, 15) is 0 Å². The summed E-state index contributed by atoms with van der Waals surface area (Å²) in [5, 5.41) is 0.644. The molecule has 72 valence electrons. The van der Waals surface area contributed by atoms with Crippen molar-refractivity contribution in [2.45, 2.75) is 4.58 Å². The monoisotopic (exact) mass is 233 g/mol. The van der Waals surface area contributed by atoms with Crippen LogP contribution < -0.4 is 5.73 Å². The molecule has 0 saturated heterocycles. The van der Waals surface area contributed by atoms with Gasteiger partial charge in [0.05, 0.1) is 15.3 Å². The van der Waals surface area contributed by atoms with Gasteiger partial charge in [-0.05, 0) is 24.1 Å². The van der Waals surface area contributed by atoms with Crippen molar-refractivity contribution < 1.29 is 0 Å². The van der Waals surface area contributed by atoms with E-state index in [0.717, 1.165) is 5.56 Å². The van der Waals surface area contributed by atoms with Gasteiger partial charge in [0.1, 0.15) is 0 Å². The molecule has 1 rings (SSSR count). The Morgan fingerprint density at radius 2 is 1.92 bits per heavy atom. The van der Waals surface area contributed by atoms with Crippen LogP contribution in [-0.2, 0) is 0 Å². The largest absolute Gasteiger partial charge is 0.397 e. The molecule has 13 heavy (non-hydrogen) atoms. The van der Waals surface area contributed by atoms with Gasteiger partial charge in [-0.2, -0.15) is 0 Å². The van der Waals surface area contributed by atoms with E-state index in [1.807, 2.05) is 18.2 Å². The molecule has 0 aliphatic carbocycles. The summed E-state index contributed by atoms with van der Waals surface area (Å²) >= 11 is 9.47. The third-order valence-corrected chi connectivity index (χ3v) is 4.62. The average Bonchev–Trinajstić information content (AvgIpc) is 2.14. The van der Waals surface area contributed by atoms with Gasteiger partial charge in [-0.15, -0.1) is 23.5 Å². The maximum Gasteiger partial charge on any atom is 0.0766 e. The zero-order chi connectivity index (χ0) is 9.84. The maximum absolute atomic E-state index is 5.93. The number of hydrogen-bond acceptors (Lipinski definition) is 3. The first-order valence-corrected chi connectivity index (χ1v) is 6.75. The van der Waals surface area contributed by atoms with Gasteiger partial charge in [0, 0.05) is 0 Å². The Labute approximate surface area is 92.4 Å². The fraction of sp³-hybridized carbons (Fsp3) is 0.333. The van der Waals surface area contributed by atoms with E-state index in [1.165, 1.54) is 0 Å². The predicted octanol–water partition coefficient (Wildman–Crippen LogP) is 3.65. The van der Waals surface area contributed by atoms with E-state index in [2.05, 4.69) is 12.5 Å². The molecule has 1 aromatic carbocycles. The number of thioether (sulfide) groups is 2. The van der Waals surface area contributed by atoms with Gasteiger partial charge in [0.2, 0.25) is 0 Å². The van der Waals surface area contributed by atoms with Gasteiger partial charge < -0.3 is 5.73 Å². The molecule has 0 fully saturated rings. The molecule has 4 heteroatoms. The molecule has 2 N–H and O–H groups in total. The molecule has 0 atom stereocenters. The molecule has 1 aromatic rings. The number of para-hydroxylation sites is 1. The molecule has 0 aliphatic heterocycles. The van der Waals surface area contributed by atoms with Crippen LogP contribution >= 0.6 is 35.1 Å². The van der Waals surface area contributed by atoms with Crippen LogP contribution in [-0.4, -0.2) is 12.5 Å². The number of halogens is 1. The molecule has 0 heterocycles. The fourth-order valence-corrected chi connectivity index (χ4v) is 2.98. The van der Waals surface area contributed by atoms with Gasteiger partial charge in [-0.25, -0.2) is 0 Å². The number of nitrogens with two attached hydrogens (primary N) is 1. The molecule has 0 unspecified atom stereocenters. The molecule has 0 bridgehead atoms. The van der Waals surface area contributed by atoms with Gasteiger partial charge >= 0.3 is 0 Å². The van der Waals surface area contributed by atoms with Crippen LogP contribution in [0.4, 0.5) is 5.69 Å². The third kappa shape index (κ3) is 2.48. The lowest BCUT2D eigenvalue weighted by Gasteiger charge is -2.14. The molecular formula is C9H12ClNS2. The van der Waals surface area contributed by atoms with Crippen LogP contribution in [0.3, 0.4) is 0 Å². The normalized spacial score (nSPS) is 10.8. The second-order valence-corrected chi connectivity index (χ2v) is 5.14. The quantitative estimate of drug-likeness (QED) is 0.638. The molecule has 0 amide bonds. The smallest absolute Gasteiger partial charge is 0.0766 e. The zero-order valence-corrected chi connectivity index (χ0v) is 9.97. The Hall–Kier alpha value is 0.01000. The minimum atomic E-state index is 0.374. The fourth-order valence-electron chi connectivity index (χ4n) is 1.11. The third-order valence-electron chi connectivity index (χ3n) is 1.77. The Bertz CT molecular complexity index is 287. The van der Waals surface area contributed by atoms with E-state index in [-0.39, 0.29) is 0 Å². The topological polar surface area (TPSA) is 26.0 Å². The molecule has 0 aromatic heterocycles. The Kier molecular flexibility index (Phi) is 4.29. The van der Waals surface area contributed by atoms with Crippen molar-refractivity contribution in [3.05, 3.63) is 28.8 Å². The lowest BCUT2D eigenvalue weighted by atomic mass is 10.2. The summed E-state index contributed by atoms with van der Waals surface area (Å²) in [7, 11) is 0. The van der Waals surface area contributed by atoms with Crippen molar-refractivity contribution in [2.24, 2.45) is 0 Å². The van der Waals surface area contributed by atoms with E-state index >= 15 is 0 Å². The van der Waals surface area contributed by atoms with Crippen molar-refractivity contribution in [1.29, 1.82) is 0 Å². The first-order valence-electron chi connectivity index (χ1n) is 3.80. The highest BCUT2D eigenvalue weighted by atomic mass is 35.5. The minimum Gasteiger partial charge on any atom is -0.397 e. The number of benzene rings is 1. The minimum absolute atomic E-state index is 0.374. The van der Waals surface area contributed by atoms with Crippen LogP contribution in [0, 0.1) is 0 Å². The number of rotatable bonds is 3. The number of anilines is 1. The summed E-state index contributed by atoms with van der Waals surface area (Å²) in [6.07, 6.45) is 4.14. The van der Waals surface area contributed by atoms with E-state index in [0.29, 0.717) is 15.3 Å². The van der Waals surface area contributed by atoms with E-state index in [4.69, 9.17) is 17.3 Å². The summed E-state index contributed by atoms with van der Waals surface area (Å²) in [5.74, 6) is 0. The summed E-state index contributed by atoms with van der Waals surface area (Å²) in [6, 6.07) is 5.78. The number of nitrogen functional groups attached to an aromatic ring is 1. The Balaban J connectivity index is 3.05. The first-order chi connectivity index (χ1) is 6.20. The highest BCUT2D eigenvalue weighted by molar-refractivity contribution is 8.15. The average molecular weight is 234 g/mol. The second-order valence-electron chi connectivity index (χ2n) is 2.55. The van der Waals surface area contributed by atoms with Crippen molar-refractivity contribution in [2.75, 3.05) is 18.2 Å². The summed E-state index contributed by atoms with van der Waals surface area (Å²) in [6.45, 7) is 0. The van der Waals surface area contributed by atoms with Crippen LogP contribution in [0.2, 0.25) is 5.02 Å². The van der Waals surface area contributed by atoms with E-state index in [1.54, 1.807) is 23.5 Å². The lowest BCUT2D eigenvalue weighted by molar-refractivity contribution is 1.39. The maximum atomic E-state index is 5.93. The van der Waals surface area contributed by atoms with Gasteiger partial charge in [0.25, 0.3) is 0 Å². The lowest BCUT2D eigenvalue weighted by Crippen LogP contribution is -1.96. The summed E-state index contributed by atoms with van der Waals surface area (Å²) < 4.78 is 0.374. The predicted molar refractivity (Wildman–Crippen MR) is 65.6 cm³/mol. The summed E-state index contributed by atoms with van der Waals surface area (Å²) in [5.41, 5.74) is 7.70. The van der Waals surface area contributed by atoms with Crippen LogP contribution in [0.1, 0.15) is 10.1 Å². The van der Waals surface area contributed by atoms with Crippen LogP contribution in [0.25, 0.3) is 0 Å². The SMILES string of the molecule is CSC(SC)c1cccc(Cl)c1N. The van der Waals surface area contributed by atoms with Crippen molar-refractivity contribution >= 4 is 40.8 Å². The van der Waals surface area contributed by atoms with Crippen molar-refractivity contribution in [3.63, 3.8) is 0 Å². The molecule has 1 nitrogen and oxygen atoms in total. The van der Waals surface area contributed by atoms with Crippen molar-refractivity contribution in [3.8, 4) is 0 Å².